The Kier molecular flexibility index (Phi) is 4.92. The smallest absolute Gasteiger partial charge is 0.129 e. The van der Waals surface area contributed by atoms with E-state index in [1.807, 2.05) is 0 Å². The van der Waals surface area contributed by atoms with Gasteiger partial charge in [0.2, 0.25) is 0 Å². The van der Waals surface area contributed by atoms with E-state index in [9.17, 15) is 8.78 Å². The molecule has 2 heteroatoms. The summed E-state index contributed by atoms with van der Waals surface area (Å²) in [5.41, 5.74) is 3.35. The highest BCUT2D eigenvalue weighted by Gasteiger charge is 2.02. The van der Waals surface area contributed by atoms with E-state index in [2.05, 4.69) is 50.2 Å². The standard InChI is InChI=1S/C12H12.C8H8F2/c1-9-3-5-12-8-10(2)4-6-11(12)7-9;1-5-3-7(9)6(2)8(10)4-5/h3-8H,1-2H3;3-4H,1-2H3. The topological polar surface area (TPSA) is 0 Å². The lowest BCUT2D eigenvalue weighted by Gasteiger charge is -1.99. The third kappa shape index (κ3) is 3.91. The Morgan fingerprint density at radius 3 is 1.36 bits per heavy atom. The van der Waals surface area contributed by atoms with Gasteiger partial charge in [-0.3, -0.25) is 0 Å². The Labute approximate surface area is 130 Å². The van der Waals surface area contributed by atoms with Gasteiger partial charge in [0.15, 0.2) is 0 Å². The molecule has 0 atom stereocenters. The second kappa shape index (κ2) is 6.69. The summed E-state index contributed by atoms with van der Waals surface area (Å²) in [6, 6.07) is 15.7. The highest BCUT2D eigenvalue weighted by atomic mass is 19.1. The van der Waals surface area contributed by atoms with Gasteiger partial charge < -0.3 is 0 Å². The summed E-state index contributed by atoms with van der Waals surface area (Å²) in [6.45, 7) is 7.33. The normalized spacial score (nSPS) is 10.3. The van der Waals surface area contributed by atoms with E-state index in [4.69, 9.17) is 0 Å². The first kappa shape index (κ1) is 16.2. The molecule has 0 spiro atoms. The van der Waals surface area contributed by atoms with Gasteiger partial charge in [0.1, 0.15) is 11.6 Å². The maximum atomic E-state index is 12.6. The monoisotopic (exact) mass is 298 g/mol. The number of benzene rings is 3. The molecule has 0 N–H and O–H groups in total. The molecule has 3 rings (SSSR count). The maximum absolute atomic E-state index is 12.6. The third-order valence-corrected chi connectivity index (χ3v) is 3.58. The second-order valence-corrected chi connectivity index (χ2v) is 5.71. The average molecular weight is 298 g/mol. The SMILES string of the molecule is Cc1cc(F)c(C)c(F)c1.Cc1ccc2cc(C)ccc2c1. The zero-order chi connectivity index (χ0) is 16.3. The predicted octanol–water partition coefficient (Wildman–Crippen LogP) is 6.04. The lowest BCUT2D eigenvalue weighted by molar-refractivity contribution is 0.566. The summed E-state index contributed by atoms with van der Waals surface area (Å²) >= 11 is 0. The minimum absolute atomic E-state index is 0.0885. The molecule has 3 aromatic rings. The fourth-order valence-corrected chi connectivity index (χ4v) is 2.26. The summed E-state index contributed by atoms with van der Waals surface area (Å²) in [7, 11) is 0. The van der Waals surface area contributed by atoms with E-state index in [1.54, 1.807) is 6.92 Å². The zero-order valence-electron chi connectivity index (χ0n) is 13.4. The van der Waals surface area contributed by atoms with E-state index >= 15 is 0 Å². The number of hydrogen-bond acceptors (Lipinski definition) is 0. The van der Waals surface area contributed by atoms with Gasteiger partial charge in [0, 0.05) is 5.56 Å². The van der Waals surface area contributed by atoms with Crippen molar-refractivity contribution in [1.82, 2.24) is 0 Å². The van der Waals surface area contributed by atoms with Crippen molar-refractivity contribution in [2.24, 2.45) is 0 Å². The van der Waals surface area contributed by atoms with Crippen LogP contribution in [-0.2, 0) is 0 Å². The largest absolute Gasteiger partial charge is 0.207 e. The first-order valence-electron chi connectivity index (χ1n) is 7.26. The van der Waals surface area contributed by atoms with Crippen LogP contribution in [0.1, 0.15) is 22.3 Å². The fourth-order valence-electron chi connectivity index (χ4n) is 2.26. The van der Waals surface area contributed by atoms with Gasteiger partial charge >= 0.3 is 0 Å². The highest BCUT2D eigenvalue weighted by Crippen LogP contribution is 2.17. The van der Waals surface area contributed by atoms with Crippen molar-refractivity contribution in [3.05, 3.63) is 82.4 Å². The molecule has 0 saturated carbocycles. The summed E-state index contributed by atoms with van der Waals surface area (Å²) < 4.78 is 25.2. The molecule has 0 heterocycles. The molecule has 0 unspecified atom stereocenters. The molecule has 3 aromatic carbocycles. The van der Waals surface area contributed by atoms with Gasteiger partial charge in [0.05, 0.1) is 0 Å². The van der Waals surface area contributed by atoms with Crippen molar-refractivity contribution < 1.29 is 8.78 Å². The van der Waals surface area contributed by atoms with E-state index in [-0.39, 0.29) is 5.56 Å². The van der Waals surface area contributed by atoms with Crippen LogP contribution in [0.3, 0.4) is 0 Å². The van der Waals surface area contributed by atoms with Crippen LogP contribution < -0.4 is 0 Å². The molecule has 0 amide bonds. The van der Waals surface area contributed by atoms with Gasteiger partial charge in [-0.05, 0) is 56.2 Å². The first-order valence-corrected chi connectivity index (χ1v) is 7.26. The van der Waals surface area contributed by atoms with Gasteiger partial charge in [0.25, 0.3) is 0 Å². The number of fused-ring (bicyclic) bond motifs is 1. The molecule has 0 aliphatic rings. The third-order valence-electron chi connectivity index (χ3n) is 3.58. The van der Waals surface area contributed by atoms with E-state index in [1.165, 1.54) is 41.0 Å². The van der Waals surface area contributed by atoms with Crippen molar-refractivity contribution in [1.29, 1.82) is 0 Å². The van der Waals surface area contributed by atoms with Gasteiger partial charge in [-0.1, -0.05) is 47.5 Å². The number of hydrogen-bond donors (Lipinski definition) is 0. The quantitative estimate of drug-likeness (QED) is 0.475. The molecule has 0 saturated heterocycles. The summed E-state index contributed by atoms with van der Waals surface area (Å²) in [6.07, 6.45) is 0. The van der Waals surface area contributed by atoms with Crippen LogP contribution in [0.15, 0.2) is 48.5 Å². The fraction of sp³-hybridized carbons (Fsp3) is 0.200. The van der Waals surface area contributed by atoms with E-state index in [0.29, 0.717) is 5.56 Å². The van der Waals surface area contributed by atoms with Crippen LogP contribution in [0.25, 0.3) is 10.8 Å². The lowest BCUT2D eigenvalue weighted by atomic mass is 10.1. The second-order valence-electron chi connectivity index (χ2n) is 5.71. The molecule has 0 aliphatic carbocycles. The average Bonchev–Trinajstić information content (AvgIpc) is 2.45. The molecule has 0 aromatic heterocycles. The van der Waals surface area contributed by atoms with Crippen LogP contribution in [0.5, 0.6) is 0 Å². The van der Waals surface area contributed by atoms with Crippen molar-refractivity contribution >= 4 is 10.8 Å². The Morgan fingerprint density at radius 1 is 0.545 bits per heavy atom. The molecule has 0 bridgehead atoms. The summed E-state index contributed by atoms with van der Waals surface area (Å²) in [5, 5.41) is 2.67. The predicted molar refractivity (Wildman–Crippen MR) is 89.3 cm³/mol. The summed E-state index contributed by atoms with van der Waals surface area (Å²) in [5.74, 6) is -0.949. The Bertz CT molecular complexity index is 740. The Morgan fingerprint density at radius 2 is 0.955 bits per heavy atom. The highest BCUT2D eigenvalue weighted by molar-refractivity contribution is 5.83. The van der Waals surface area contributed by atoms with Crippen LogP contribution in [-0.4, -0.2) is 0 Å². The van der Waals surface area contributed by atoms with E-state index in [0.717, 1.165) is 0 Å². The molecule has 0 nitrogen and oxygen atoms in total. The van der Waals surface area contributed by atoms with Crippen molar-refractivity contribution in [3.8, 4) is 0 Å². The number of aryl methyl sites for hydroxylation is 3. The van der Waals surface area contributed by atoms with Crippen LogP contribution in [0.4, 0.5) is 8.78 Å². The molecule has 22 heavy (non-hydrogen) atoms. The molecule has 0 aliphatic heterocycles. The number of rotatable bonds is 0. The molecular weight excluding hydrogens is 278 g/mol. The van der Waals surface area contributed by atoms with Crippen molar-refractivity contribution in [3.63, 3.8) is 0 Å². The van der Waals surface area contributed by atoms with Crippen molar-refractivity contribution in [2.75, 3.05) is 0 Å². The van der Waals surface area contributed by atoms with Gasteiger partial charge in [-0.25, -0.2) is 8.78 Å². The number of halogens is 2. The zero-order valence-corrected chi connectivity index (χ0v) is 13.4. The van der Waals surface area contributed by atoms with Crippen LogP contribution in [0.2, 0.25) is 0 Å². The van der Waals surface area contributed by atoms with Crippen LogP contribution in [0, 0.1) is 39.3 Å². The lowest BCUT2D eigenvalue weighted by Crippen LogP contribution is -1.88. The molecule has 114 valence electrons. The summed E-state index contributed by atoms with van der Waals surface area (Å²) in [4.78, 5) is 0. The molecule has 0 fully saturated rings. The minimum Gasteiger partial charge on any atom is -0.207 e. The minimum atomic E-state index is -0.475. The van der Waals surface area contributed by atoms with Gasteiger partial charge in [-0.2, -0.15) is 0 Å². The van der Waals surface area contributed by atoms with Crippen LogP contribution >= 0.6 is 0 Å². The molecular formula is C20H20F2. The van der Waals surface area contributed by atoms with E-state index < -0.39 is 11.6 Å². The maximum Gasteiger partial charge on any atom is 0.129 e. The Balaban J connectivity index is 0.000000164. The first-order chi connectivity index (χ1) is 10.4. The van der Waals surface area contributed by atoms with Gasteiger partial charge in [-0.15, -0.1) is 0 Å². The molecule has 0 radical (unpaired) electrons. The van der Waals surface area contributed by atoms with Crippen molar-refractivity contribution in [2.45, 2.75) is 27.7 Å². The Hall–Kier alpha value is -2.22.